The summed E-state index contributed by atoms with van der Waals surface area (Å²) in [6.07, 6.45) is 4.04. The summed E-state index contributed by atoms with van der Waals surface area (Å²) in [5.74, 6) is 1.14. The zero-order valence-corrected chi connectivity index (χ0v) is 12.8. The van der Waals surface area contributed by atoms with Crippen LogP contribution in [-0.2, 0) is 13.6 Å². The van der Waals surface area contributed by atoms with Gasteiger partial charge in [-0.25, -0.2) is 13.9 Å². The van der Waals surface area contributed by atoms with Crippen molar-refractivity contribution in [3.8, 4) is 0 Å². The van der Waals surface area contributed by atoms with Crippen molar-refractivity contribution in [2.75, 3.05) is 0 Å². The average Bonchev–Trinajstić information content (AvgIpc) is 2.69. The molecule has 0 amide bonds. The lowest BCUT2D eigenvalue weighted by Crippen LogP contribution is -2.29. The molecule has 0 N–H and O–H groups in total. The van der Waals surface area contributed by atoms with E-state index in [2.05, 4.69) is 29.0 Å². The van der Waals surface area contributed by atoms with Crippen LogP contribution in [0, 0.1) is 20.8 Å². The van der Waals surface area contributed by atoms with Gasteiger partial charge in [0.2, 0.25) is 0 Å². The molecule has 0 bridgehead atoms. The fourth-order valence-corrected chi connectivity index (χ4v) is 2.85. The smallest absolute Gasteiger partial charge is 0.336 e. The maximum absolute atomic E-state index is 11.8. The van der Waals surface area contributed by atoms with Crippen LogP contribution in [0.5, 0.6) is 0 Å². The third kappa shape index (κ3) is 2.37. The molecular formula is C17H19N2O2+. The van der Waals surface area contributed by atoms with Gasteiger partial charge in [-0.3, -0.25) is 0 Å². The highest BCUT2D eigenvalue weighted by molar-refractivity contribution is 5.84. The highest BCUT2D eigenvalue weighted by atomic mass is 16.4. The zero-order chi connectivity index (χ0) is 15.1. The minimum Gasteiger partial charge on any atom is -0.423 e. The van der Waals surface area contributed by atoms with Crippen LogP contribution in [0.25, 0.3) is 11.0 Å². The second-order valence-corrected chi connectivity index (χ2v) is 5.63. The van der Waals surface area contributed by atoms with E-state index in [0.717, 1.165) is 27.9 Å². The SMILES string of the molecule is Cc1cc(C)c2c(Cn3cc[n+](C)c3C)cc(=O)oc2c1. The number of hydrogen-bond donors (Lipinski definition) is 0. The Balaban J connectivity index is 2.22. The Morgan fingerprint density at radius 3 is 2.62 bits per heavy atom. The van der Waals surface area contributed by atoms with Crippen LogP contribution in [-0.4, -0.2) is 4.57 Å². The molecule has 4 heteroatoms. The summed E-state index contributed by atoms with van der Waals surface area (Å²) < 4.78 is 9.56. The molecule has 0 spiro atoms. The molecule has 0 saturated carbocycles. The van der Waals surface area contributed by atoms with E-state index in [0.29, 0.717) is 12.1 Å². The van der Waals surface area contributed by atoms with E-state index in [1.807, 2.05) is 32.4 Å². The fraction of sp³-hybridized carbons (Fsp3) is 0.294. The predicted molar refractivity (Wildman–Crippen MR) is 81.4 cm³/mol. The van der Waals surface area contributed by atoms with Crippen molar-refractivity contribution in [2.45, 2.75) is 27.3 Å². The number of imidazole rings is 1. The van der Waals surface area contributed by atoms with Gasteiger partial charge in [-0.2, -0.15) is 0 Å². The molecule has 0 radical (unpaired) electrons. The summed E-state index contributed by atoms with van der Waals surface area (Å²) in [4.78, 5) is 11.8. The van der Waals surface area contributed by atoms with Crippen LogP contribution in [0.3, 0.4) is 0 Å². The quantitative estimate of drug-likeness (QED) is 0.535. The summed E-state index contributed by atoms with van der Waals surface area (Å²) in [5.41, 5.74) is 3.61. The monoisotopic (exact) mass is 283 g/mol. The van der Waals surface area contributed by atoms with Crippen LogP contribution in [0.1, 0.15) is 22.5 Å². The van der Waals surface area contributed by atoms with Gasteiger partial charge in [-0.1, -0.05) is 6.07 Å². The first kappa shape index (κ1) is 13.6. The Kier molecular flexibility index (Phi) is 3.16. The largest absolute Gasteiger partial charge is 0.423 e. The second kappa shape index (κ2) is 4.88. The molecular weight excluding hydrogens is 264 g/mol. The molecule has 1 aromatic carbocycles. The molecule has 21 heavy (non-hydrogen) atoms. The highest BCUT2D eigenvalue weighted by Crippen LogP contribution is 2.23. The van der Waals surface area contributed by atoms with E-state index >= 15 is 0 Å². The van der Waals surface area contributed by atoms with Gasteiger partial charge in [0, 0.05) is 23.9 Å². The molecule has 0 atom stereocenters. The summed E-state index contributed by atoms with van der Waals surface area (Å²) in [5, 5.41) is 1.04. The first-order chi connectivity index (χ1) is 9.95. The second-order valence-electron chi connectivity index (χ2n) is 5.63. The van der Waals surface area contributed by atoms with E-state index < -0.39 is 0 Å². The van der Waals surface area contributed by atoms with Crippen LogP contribution in [0.4, 0.5) is 0 Å². The Labute approximate surface area is 123 Å². The first-order valence-electron chi connectivity index (χ1n) is 7.01. The van der Waals surface area contributed by atoms with Crippen molar-refractivity contribution in [2.24, 2.45) is 7.05 Å². The van der Waals surface area contributed by atoms with E-state index in [1.54, 1.807) is 6.07 Å². The van der Waals surface area contributed by atoms with Gasteiger partial charge >= 0.3 is 5.63 Å². The molecule has 0 saturated heterocycles. The molecule has 2 aromatic heterocycles. The number of nitrogens with zero attached hydrogens (tertiary/aromatic N) is 2. The van der Waals surface area contributed by atoms with E-state index in [9.17, 15) is 4.79 Å². The zero-order valence-electron chi connectivity index (χ0n) is 12.8. The Morgan fingerprint density at radius 1 is 1.19 bits per heavy atom. The van der Waals surface area contributed by atoms with Crippen LogP contribution in [0.15, 0.2) is 39.8 Å². The Morgan fingerprint density at radius 2 is 1.95 bits per heavy atom. The standard InChI is InChI=1S/C17H19N2O2/c1-11-7-12(2)17-14(9-16(20)21-15(17)8-11)10-19-6-5-18(4)13(19)3/h5-9H,10H2,1-4H3/q+1. The Hall–Kier alpha value is -2.36. The van der Waals surface area contributed by atoms with Gasteiger partial charge < -0.3 is 4.42 Å². The van der Waals surface area contributed by atoms with Gasteiger partial charge in [-0.15, -0.1) is 0 Å². The molecule has 3 aromatic rings. The molecule has 0 aliphatic heterocycles. The normalized spacial score (nSPS) is 11.2. The minimum atomic E-state index is -0.295. The lowest BCUT2D eigenvalue weighted by Gasteiger charge is -2.08. The predicted octanol–water partition coefficient (Wildman–Crippen LogP) is 2.39. The highest BCUT2D eigenvalue weighted by Gasteiger charge is 2.14. The number of aryl methyl sites for hydroxylation is 3. The van der Waals surface area contributed by atoms with Crippen molar-refractivity contribution in [3.63, 3.8) is 0 Å². The van der Waals surface area contributed by atoms with E-state index in [-0.39, 0.29) is 5.63 Å². The van der Waals surface area contributed by atoms with Crippen molar-refractivity contribution in [1.29, 1.82) is 0 Å². The molecule has 0 fully saturated rings. The lowest BCUT2D eigenvalue weighted by molar-refractivity contribution is -0.677. The third-order valence-corrected chi connectivity index (χ3v) is 4.00. The summed E-state index contributed by atoms with van der Waals surface area (Å²) in [7, 11) is 2.01. The third-order valence-electron chi connectivity index (χ3n) is 4.00. The van der Waals surface area contributed by atoms with Gasteiger partial charge in [0.25, 0.3) is 5.82 Å². The summed E-state index contributed by atoms with van der Waals surface area (Å²) in [6.45, 7) is 6.79. The van der Waals surface area contributed by atoms with Crippen molar-refractivity contribution in [1.82, 2.24) is 4.57 Å². The molecule has 3 rings (SSSR count). The minimum absolute atomic E-state index is 0.295. The molecule has 0 aliphatic rings. The fourth-order valence-electron chi connectivity index (χ4n) is 2.85. The number of rotatable bonds is 2. The van der Waals surface area contributed by atoms with Gasteiger partial charge in [0.05, 0.1) is 7.05 Å². The summed E-state index contributed by atoms with van der Waals surface area (Å²) >= 11 is 0. The maximum atomic E-state index is 11.8. The number of fused-ring (bicyclic) bond motifs is 1. The molecule has 2 heterocycles. The van der Waals surface area contributed by atoms with Gasteiger partial charge in [0.1, 0.15) is 24.5 Å². The van der Waals surface area contributed by atoms with Gasteiger partial charge in [0.15, 0.2) is 0 Å². The van der Waals surface area contributed by atoms with Crippen LogP contribution < -0.4 is 10.2 Å². The number of benzene rings is 1. The summed E-state index contributed by atoms with van der Waals surface area (Å²) in [6, 6.07) is 5.65. The Bertz CT molecular complexity index is 888. The van der Waals surface area contributed by atoms with Crippen molar-refractivity contribution >= 4 is 11.0 Å². The lowest BCUT2D eigenvalue weighted by atomic mass is 10.0. The van der Waals surface area contributed by atoms with Crippen molar-refractivity contribution < 1.29 is 8.98 Å². The molecule has 108 valence electrons. The average molecular weight is 283 g/mol. The van der Waals surface area contributed by atoms with E-state index in [1.165, 1.54) is 0 Å². The number of hydrogen-bond acceptors (Lipinski definition) is 2. The van der Waals surface area contributed by atoms with Crippen molar-refractivity contribution in [3.05, 3.63) is 63.5 Å². The number of aromatic nitrogens is 2. The van der Waals surface area contributed by atoms with Crippen LogP contribution in [0.2, 0.25) is 0 Å². The molecule has 0 aliphatic carbocycles. The molecule has 0 unspecified atom stereocenters. The maximum Gasteiger partial charge on any atom is 0.336 e. The molecule has 4 nitrogen and oxygen atoms in total. The van der Waals surface area contributed by atoms with Crippen LogP contribution >= 0.6 is 0 Å². The topological polar surface area (TPSA) is 39.0 Å². The first-order valence-corrected chi connectivity index (χ1v) is 7.01. The van der Waals surface area contributed by atoms with E-state index in [4.69, 9.17) is 4.42 Å². The van der Waals surface area contributed by atoms with Gasteiger partial charge in [-0.05, 0) is 31.0 Å².